The first kappa shape index (κ1) is 13.7. The molecule has 0 saturated heterocycles. The van der Waals surface area contributed by atoms with Crippen LogP contribution in [0.5, 0.6) is 0 Å². The van der Waals surface area contributed by atoms with Gasteiger partial charge in [-0.25, -0.2) is 4.39 Å². The van der Waals surface area contributed by atoms with Crippen LogP contribution in [0.4, 0.5) is 4.39 Å². The van der Waals surface area contributed by atoms with Gasteiger partial charge >= 0.3 is 0 Å². The van der Waals surface area contributed by atoms with Crippen LogP contribution in [0.25, 0.3) is 0 Å². The molecule has 5 heteroatoms. The number of benzene rings is 1. The number of hydrogen-bond donors (Lipinski definition) is 1. The Morgan fingerprint density at radius 2 is 2.05 bits per heavy atom. The standard InChI is InChI=1S/C14H18FN3O/c1-3-14(16,4-2)13-17-12(18-19-13)9-10-6-5-7-11(15)8-10/h5-8H,3-4,9,16H2,1-2H3. The monoisotopic (exact) mass is 263 g/mol. The topological polar surface area (TPSA) is 64.9 Å². The van der Waals surface area contributed by atoms with Crippen molar-refractivity contribution in [2.75, 3.05) is 0 Å². The van der Waals surface area contributed by atoms with Crippen molar-refractivity contribution >= 4 is 0 Å². The van der Waals surface area contributed by atoms with Crippen LogP contribution in [0.1, 0.15) is 44.0 Å². The van der Waals surface area contributed by atoms with E-state index in [9.17, 15) is 4.39 Å². The van der Waals surface area contributed by atoms with E-state index in [1.54, 1.807) is 6.07 Å². The Balaban J connectivity index is 2.18. The van der Waals surface area contributed by atoms with Crippen molar-refractivity contribution in [3.05, 3.63) is 47.4 Å². The molecule has 0 atom stereocenters. The van der Waals surface area contributed by atoms with Crippen molar-refractivity contribution in [3.8, 4) is 0 Å². The second-order valence-corrected chi connectivity index (χ2v) is 4.69. The number of hydrogen-bond acceptors (Lipinski definition) is 4. The van der Waals surface area contributed by atoms with Crippen LogP contribution in [0.15, 0.2) is 28.8 Å². The third-order valence-electron chi connectivity index (χ3n) is 3.41. The molecule has 0 unspecified atom stereocenters. The molecule has 1 heterocycles. The highest BCUT2D eigenvalue weighted by Gasteiger charge is 2.29. The summed E-state index contributed by atoms with van der Waals surface area (Å²) in [5.41, 5.74) is 6.42. The van der Waals surface area contributed by atoms with Gasteiger partial charge in [-0.1, -0.05) is 31.1 Å². The van der Waals surface area contributed by atoms with Crippen LogP contribution in [0.3, 0.4) is 0 Å². The Morgan fingerprint density at radius 3 is 2.68 bits per heavy atom. The van der Waals surface area contributed by atoms with E-state index in [2.05, 4.69) is 10.1 Å². The summed E-state index contributed by atoms with van der Waals surface area (Å²) in [6.45, 7) is 3.97. The Bertz CT molecular complexity index is 549. The van der Waals surface area contributed by atoms with Gasteiger partial charge in [0.15, 0.2) is 5.82 Å². The number of aromatic nitrogens is 2. The van der Waals surface area contributed by atoms with Gasteiger partial charge in [-0.3, -0.25) is 0 Å². The van der Waals surface area contributed by atoms with Gasteiger partial charge in [0, 0.05) is 6.42 Å². The van der Waals surface area contributed by atoms with Crippen LogP contribution in [-0.4, -0.2) is 10.1 Å². The van der Waals surface area contributed by atoms with Gasteiger partial charge in [-0.15, -0.1) is 0 Å². The quantitative estimate of drug-likeness (QED) is 0.900. The van der Waals surface area contributed by atoms with E-state index < -0.39 is 5.54 Å². The summed E-state index contributed by atoms with van der Waals surface area (Å²) in [5.74, 6) is 0.706. The molecule has 1 aromatic heterocycles. The molecule has 2 N–H and O–H groups in total. The van der Waals surface area contributed by atoms with Crippen molar-refractivity contribution in [1.29, 1.82) is 0 Å². The van der Waals surface area contributed by atoms with Crippen LogP contribution in [0.2, 0.25) is 0 Å². The molecule has 2 rings (SSSR count). The number of nitrogens with two attached hydrogens (primary N) is 1. The molecule has 0 amide bonds. The van der Waals surface area contributed by atoms with E-state index in [0.717, 1.165) is 18.4 Å². The summed E-state index contributed by atoms with van der Waals surface area (Å²) in [6.07, 6.45) is 1.89. The smallest absolute Gasteiger partial charge is 0.246 e. The molecule has 0 saturated carbocycles. The predicted molar refractivity (Wildman–Crippen MR) is 70.0 cm³/mol. The minimum atomic E-state index is -0.576. The van der Waals surface area contributed by atoms with Crippen LogP contribution < -0.4 is 5.73 Å². The fourth-order valence-electron chi connectivity index (χ4n) is 1.91. The summed E-state index contributed by atoms with van der Waals surface area (Å²) in [7, 11) is 0. The van der Waals surface area contributed by atoms with Gasteiger partial charge in [0.25, 0.3) is 0 Å². The van der Waals surface area contributed by atoms with Crippen molar-refractivity contribution in [2.45, 2.75) is 38.6 Å². The Morgan fingerprint density at radius 1 is 1.32 bits per heavy atom. The lowest BCUT2D eigenvalue weighted by molar-refractivity contribution is 0.267. The summed E-state index contributed by atoms with van der Waals surface area (Å²) in [5, 5.41) is 3.91. The lowest BCUT2D eigenvalue weighted by Crippen LogP contribution is -2.35. The molecular weight excluding hydrogens is 245 g/mol. The Labute approximate surface area is 111 Å². The second-order valence-electron chi connectivity index (χ2n) is 4.69. The summed E-state index contributed by atoms with van der Waals surface area (Å²) in [4.78, 5) is 4.32. The molecular formula is C14H18FN3O. The molecule has 0 spiro atoms. The Hall–Kier alpha value is -1.75. The van der Waals surface area contributed by atoms with Crippen molar-refractivity contribution in [1.82, 2.24) is 10.1 Å². The predicted octanol–water partition coefficient (Wildman–Crippen LogP) is 2.77. The third kappa shape index (κ3) is 2.98. The molecule has 1 aromatic carbocycles. The maximum absolute atomic E-state index is 13.1. The van der Waals surface area contributed by atoms with Gasteiger partial charge < -0.3 is 10.3 Å². The van der Waals surface area contributed by atoms with Crippen molar-refractivity contribution < 1.29 is 8.91 Å². The molecule has 0 bridgehead atoms. The van der Waals surface area contributed by atoms with E-state index >= 15 is 0 Å². The molecule has 0 aliphatic carbocycles. The minimum Gasteiger partial charge on any atom is -0.337 e. The maximum Gasteiger partial charge on any atom is 0.246 e. The molecule has 0 aliphatic heterocycles. The number of nitrogens with zero attached hydrogens (tertiary/aromatic N) is 2. The summed E-state index contributed by atoms with van der Waals surface area (Å²) >= 11 is 0. The Kier molecular flexibility index (Phi) is 3.95. The highest BCUT2D eigenvalue weighted by Crippen LogP contribution is 2.24. The summed E-state index contributed by atoms with van der Waals surface area (Å²) < 4.78 is 18.3. The van der Waals surface area contributed by atoms with Gasteiger partial charge in [-0.05, 0) is 30.5 Å². The molecule has 0 fully saturated rings. The maximum atomic E-state index is 13.1. The molecule has 4 nitrogen and oxygen atoms in total. The van der Waals surface area contributed by atoms with Gasteiger partial charge in [0.1, 0.15) is 5.82 Å². The average Bonchev–Trinajstić information content (AvgIpc) is 2.87. The van der Waals surface area contributed by atoms with Crippen molar-refractivity contribution in [2.24, 2.45) is 5.73 Å². The van der Waals surface area contributed by atoms with E-state index in [1.165, 1.54) is 12.1 Å². The van der Waals surface area contributed by atoms with E-state index in [-0.39, 0.29) is 5.82 Å². The molecule has 102 valence electrons. The molecule has 2 aromatic rings. The zero-order chi connectivity index (χ0) is 13.9. The third-order valence-corrected chi connectivity index (χ3v) is 3.41. The first-order valence-corrected chi connectivity index (χ1v) is 6.43. The molecule has 0 aliphatic rings. The molecule has 0 radical (unpaired) electrons. The second kappa shape index (κ2) is 5.48. The first-order chi connectivity index (χ1) is 9.07. The highest BCUT2D eigenvalue weighted by molar-refractivity contribution is 5.20. The normalized spacial score (nSPS) is 11.8. The fourth-order valence-corrected chi connectivity index (χ4v) is 1.91. The fraction of sp³-hybridized carbons (Fsp3) is 0.429. The minimum absolute atomic E-state index is 0.267. The lowest BCUT2D eigenvalue weighted by Gasteiger charge is -2.20. The van der Waals surface area contributed by atoms with Crippen molar-refractivity contribution in [3.63, 3.8) is 0 Å². The van der Waals surface area contributed by atoms with Crippen LogP contribution in [0, 0.1) is 5.82 Å². The SMILES string of the molecule is CCC(N)(CC)c1nc(Cc2cccc(F)c2)no1. The van der Waals surface area contributed by atoms with E-state index in [4.69, 9.17) is 10.3 Å². The average molecular weight is 263 g/mol. The van der Waals surface area contributed by atoms with E-state index in [0.29, 0.717) is 18.1 Å². The largest absolute Gasteiger partial charge is 0.337 e. The lowest BCUT2D eigenvalue weighted by atomic mass is 9.94. The van der Waals surface area contributed by atoms with Crippen LogP contribution in [-0.2, 0) is 12.0 Å². The number of halogens is 1. The van der Waals surface area contributed by atoms with E-state index in [1.807, 2.05) is 19.9 Å². The zero-order valence-corrected chi connectivity index (χ0v) is 11.2. The highest BCUT2D eigenvalue weighted by atomic mass is 19.1. The van der Waals surface area contributed by atoms with Crippen LogP contribution >= 0.6 is 0 Å². The first-order valence-electron chi connectivity index (χ1n) is 6.43. The van der Waals surface area contributed by atoms with Gasteiger partial charge in [-0.2, -0.15) is 4.98 Å². The van der Waals surface area contributed by atoms with Gasteiger partial charge in [0.05, 0.1) is 5.54 Å². The zero-order valence-electron chi connectivity index (χ0n) is 11.2. The number of rotatable bonds is 5. The molecule has 19 heavy (non-hydrogen) atoms. The summed E-state index contributed by atoms with van der Waals surface area (Å²) in [6, 6.07) is 6.36. The van der Waals surface area contributed by atoms with Gasteiger partial charge in [0.2, 0.25) is 5.89 Å².